The Morgan fingerprint density at radius 3 is 2.67 bits per heavy atom. The molecule has 1 aliphatic carbocycles. The van der Waals surface area contributed by atoms with Crippen LogP contribution in [-0.4, -0.2) is 22.7 Å². The Morgan fingerprint density at radius 2 is 1.88 bits per heavy atom. The molecule has 4 rings (SSSR count). The van der Waals surface area contributed by atoms with Gasteiger partial charge in [-0.3, -0.25) is 0 Å². The highest BCUT2D eigenvalue weighted by atomic mass is 16.3. The molecule has 1 aromatic carbocycles. The van der Waals surface area contributed by atoms with Crippen molar-refractivity contribution >= 4 is 5.82 Å². The molecule has 0 spiro atoms. The van der Waals surface area contributed by atoms with Crippen LogP contribution in [0.5, 0.6) is 0 Å². The van der Waals surface area contributed by atoms with Gasteiger partial charge in [0, 0.05) is 24.7 Å². The van der Waals surface area contributed by atoms with E-state index in [2.05, 4.69) is 35.0 Å². The molecule has 2 fully saturated rings. The van der Waals surface area contributed by atoms with Gasteiger partial charge in [-0.2, -0.15) is 0 Å². The summed E-state index contributed by atoms with van der Waals surface area (Å²) in [7, 11) is 0. The van der Waals surface area contributed by atoms with E-state index in [4.69, 9.17) is 0 Å². The molecule has 1 saturated heterocycles. The smallest absolute Gasteiger partial charge is 0.131 e. The lowest BCUT2D eigenvalue weighted by Gasteiger charge is -2.53. The minimum atomic E-state index is -0.703. The maximum Gasteiger partial charge on any atom is 0.131 e. The molecule has 3 nitrogen and oxygen atoms in total. The van der Waals surface area contributed by atoms with E-state index in [0.717, 1.165) is 37.2 Å². The summed E-state index contributed by atoms with van der Waals surface area (Å²) in [6.45, 7) is 3.00. The van der Waals surface area contributed by atoms with Gasteiger partial charge in [0.1, 0.15) is 5.82 Å². The van der Waals surface area contributed by atoms with E-state index in [9.17, 15) is 5.11 Å². The molecule has 126 valence electrons. The van der Waals surface area contributed by atoms with E-state index in [1.54, 1.807) is 0 Å². The highest BCUT2D eigenvalue weighted by Crippen LogP contribution is 2.48. The first-order valence-corrected chi connectivity index (χ1v) is 9.16. The van der Waals surface area contributed by atoms with Gasteiger partial charge in [0.2, 0.25) is 0 Å². The first-order valence-electron chi connectivity index (χ1n) is 9.16. The Labute approximate surface area is 144 Å². The van der Waals surface area contributed by atoms with Gasteiger partial charge in [-0.05, 0) is 43.4 Å². The summed E-state index contributed by atoms with van der Waals surface area (Å²) in [5.41, 5.74) is 1.61. The Kier molecular flexibility index (Phi) is 4.05. The molecule has 0 bridgehead atoms. The second-order valence-corrected chi connectivity index (χ2v) is 7.34. The van der Waals surface area contributed by atoms with Gasteiger partial charge in [0.05, 0.1) is 5.60 Å². The third-order valence-electron chi connectivity index (χ3n) is 6.00. The Hall–Kier alpha value is -1.87. The van der Waals surface area contributed by atoms with Gasteiger partial charge in [0.15, 0.2) is 0 Å². The van der Waals surface area contributed by atoms with Crippen molar-refractivity contribution in [3.8, 4) is 0 Å². The van der Waals surface area contributed by atoms with Crippen molar-refractivity contribution in [3.63, 3.8) is 0 Å². The van der Waals surface area contributed by atoms with Gasteiger partial charge in [-0.25, -0.2) is 4.98 Å². The summed E-state index contributed by atoms with van der Waals surface area (Å²) in [5, 5.41) is 11.6. The number of rotatable bonds is 2. The maximum atomic E-state index is 11.6. The van der Waals surface area contributed by atoms with Crippen LogP contribution in [-0.2, 0) is 5.60 Å². The van der Waals surface area contributed by atoms with Crippen LogP contribution in [0.4, 0.5) is 5.82 Å². The van der Waals surface area contributed by atoms with Crippen LogP contribution in [0.2, 0.25) is 0 Å². The van der Waals surface area contributed by atoms with Crippen LogP contribution < -0.4 is 4.90 Å². The molecule has 1 aromatic heterocycles. The van der Waals surface area contributed by atoms with Crippen molar-refractivity contribution in [3.05, 3.63) is 59.8 Å². The van der Waals surface area contributed by atoms with E-state index in [0.29, 0.717) is 6.04 Å². The summed E-state index contributed by atoms with van der Waals surface area (Å²) in [5.74, 6) is 1.38. The Balaban J connectivity index is 1.71. The molecular weight excluding hydrogens is 296 g/mol. The first kappa shape index (κ1) is 15.6. The van der Waals surface area contributed by atoms with E-state index in [1.165, 1.54) is 18.4 Å². The molecule has 24 heavy (non-hydrogen) atoms. The quantitative estimate of drug-likeness (QED) is 0.906. The average Bonchev–Trinajstić information content (AvgIpc) is 2.64. The molecule has 2 heterocycles. The predicted molar refractivity (Wildman–Crippen MR) is 97.0 cm³/mol. The molecule has 1 aliphatic heterocycles. The van der Waals surface area contributed by atoms with Crippen LogP contribution in [0.15, 0.2) is 48.7 Å². The van der Waals surface area contributed by atoms with Crippen LogP contribution in [0.25, 0.3) is 0 Å². The Bertz CT molecular complexity index is 702. The van der Waals surface area contributed by atoms with Gasteiger partial charge in [-0.15, -0.1) is 0 Å². The fourth-order valence-corrected chi connectivity index (χ4v) is 4.81. The Morgan fingerprint density at radius 1 is 1.08 bits per heavy atom. The highest BCUT2D eigenvalue weighted by molar-refractivity contribution is 5.48. The average molecular weight is 322 g/mol. The highest BCUT2D eigenvalue weighted by Gasteiger charge is 2.49. The number of aryl methyl sites for hydroxylation is 1. The van der Waals surface area contributed by atoms with E-state index < -0.39 is 5.60 Å². The van der Waals surface area contributed by atoms with Gasteiger partial charge >= 0.3 is 0 Å². The zero-order chi connectivity index (χ0) is 16.6. The lowest BCUT2D eigenvalue weighted by molar-refractivity contribution is -0.0691. The van der Waals surface area contributed by atoms with Gasteiger partial charge in [0.25, 0.3) is 0 Å². The summed E-state index contributed by atoms with van der Waals surface area (Å²) >= 11 is 0. The molecule has 3 atom stereocenters. The minimum Gasteiger partial charge on any atom is -0.385 e. The van der Waals surface area contributed by atoms with E-state index in [-0.39, 0.29) is 5.92 Å². The molecule has 3 unspecified atom stereocenters. The molecule has 0 radical (unpaired) electrons. The van der Waals surface area contributed by atoms with Crippen molar-refractivity contribution in [2.45, 2.75) is 50.7 Å². The fraction of sp³-hybridized carbons (Fsp3) is 0.476. The van der Waals surface area contributed by atoms with Crippen molar-refractivity contribution in [2.75, 3.05) is 11.4 Å². The lowest BCUT2D eigenvalue weighted by atomic mass is 9.66. The third kappa shape index (κ3) is 2.51. The van der Waals surface area contributed by atoms with Crippen LogP contribution >= 0.6 is 0 Å². The zero-order valence-electron chi connectivity index (χ0n) is 14.4. The largest absolute Gasteiger partial charge is 0.385 e. The van der Waals surface area contributed by atoms with E-state index in [1.807, 2.05) is 30.5 Å². The number of nitrogens with zero attached hydrogens (tertiary/aromatic N) is 2. The summed E-state index contributed by atoms with van der Waals surface area (Å²) in [6, 6.07) is 14.8. The van der Waals surface area contributed by atoms with Gasteiger partial charge < -0.3 is 10.0 Å². The number of piperidine rings is 1. The monoisotopic (exact) mass is 322 g/mol. The van der Waals surface area contributed by atoms with Crippen LogP contribution in [0.3, 0.4) is 0 Å². The van der Waals surface area contributed by atoms with Crippen molar-refractivity contribution < 1.29 is 5.11 Å². The third-order valence-corrected chi connectivity index (χ3v) is 6.00. The lowest BCUT2D eigenvalue weighted by Crippen LogP contribution is -2.58. The number of fused-ring (bicyclic) bond motifs is 1. The van der Waals surface area contributed by atoms with Gasteiger partial charge in [-0.1, -0.05) is 49.2 Å². The number of aliphatic hydroxyl groups is 1. The predicted octanol–water partition coefficient (Wildman–Crippen LogP) is 4.05. The van der Waals surface area contributed by atoms with Crippen LogP contribution in [0.1, 0.15) is 43.2 Å². The molecule has 1 saturated carbocycles. The number of benzene rings is 1. The molecule has 0 amide bonds. The second kappa shape index (κ2) is 6.21. The summed E-state index contributed by atoms with van der Waals surface area (Å²) in [6.07, 6.45) is 7.36. The van der Waals surface area contributed by atoms with E-state index >= 15 is 0 Å². The molecule has 1 N–H and O–H groups in total. The molecular formula is C21H26N2O. The fourth-order valence-electron chi connectivity index (χ4n) is 4.81. The van der Waals surface area contributed by atoms with Crippen molar-refractivity contribution in [1.82, 2.24) is 4.98 Å². The molecule has 2 aromatic rings. The number of aromatic nitrogens is 1. The number of hydrogen-bond acceptors (Lipinski definition) is 3. The number of anilines is 1. The summed E-state index contributed by atoms with van der Waals surface area (Å²) < 4.78 is 0. The van der Waals surface area contributed by atoms with Crippen molar-refractivity contribution in [2.24, 2.45) is 5.92 Å². The van der Waals surface area contributed by atoms with Crippen LogP contribution in [0, 0.1) is 12.8 Å². The first-order chi connectivity index (χ1) is 11.7. The zero-order valence-corrected chi connectivity index (χ0v) is 14.4. The summed E-state index contributed by atoms with van der Waals surface area (Å²) in [4.78, 5) is 7.13. The maximum absolute atomic E-state index is 11.6. The number of pyridine rings is 1. The van der Waals surface area contributed by atoms with Crippen molar-refractivity contribution in [1.29, 1.82) is 0 Å². The SMILES string of the molecule is Cc1cccnc1N1CCC(O)(c2ccccc2)C2CCCCC21. The normalized spacial score (nSPS) is 30.0. The number of hydrogen-bond donors (Lipinski definition) is 1. The minimum absolute atomic E-state index is 0.281. The molecule has 2 aliphatic rings. The topological polar surface area (TPSA) is 36.4 Å². The standard InChI is InChI=1S/C21H26N2O/c1-16-8-7-14-22-20(16)23-15-13-21(24,17-9-3-2-4-10-17)18-11-5-6-12-19(18)23/h2-4,7-10,14,18-19,24H,5-6,11-13,15H2,1H3. The molecule has 3 heteroatoms. The second-order valence-electron chi connectivity index (χ2n) is 7.34.